The number of carbonyl (C=O) groups is 1. The van der Waals surface area contributed by atoms with Gasteiger partial charge >= 0.3 is 5.97 Å². The minimum atomic E-state index is -3.66. The fourth-order valence-electron chi connectivity index (χ4n) is 1.76. The Morgan fingerprint density at radius 1 is 1.38 bits per heavy atom. The lowest BCUT2D eigenvalue weighted by atomic mass is 10.3. The third-order valence-corrected chi connectivity index (χ3v) is 4.23. The summed E-state index contributed by atoms with van der Waals surface area (Å²) in [5.41, 5.74) is 0.0531. The van der Waals surface area contributed by atoms with E-state index in [1.807, 2.05) is 0 Å². The van der Waals surface area contributed by atoms with Crippen LogP contribution in [0.15, 0.2) is 29.7 Å². The maximum atomic E-state index is 12.1. The Kier molecular flexibility index (Phi) is 4.09. The highest BCUT2D eigenvalue weighted by molar-refractivity contribution is 7.89. The van der Waals surface area contributed by atoms with Crippen LogP contribution in [0.4, 0.5) is 0 Å². The maximum Gasteiger partial charge on any atom is 0.338 e. The van der Waals surface area contributed by atoms with Crippen LogP contribution in [0.25, 0.3) is 0 Å². The summed E-state index contributed by atoms with van der Waals surface area (Å²) in [5.74, 6) is -1.08. The van der Waals surface area contributed by atoms with E-state index in [4.69, 9.17) is 5.11 Å². The molecule has 2 aromatic rings. The van der Waals surface area contributed by atoms with Crippen LogP contribution in [0.1, 0.15) is 17.3 Å². The molecular weight excluding hydrogens is 298 g/mol. The van der Waals surface area contributed by atoms with Crippen molar-refractivity contribution in [3.8, 4) is 0 Å². The minimum absolute atomic E-state index is 0.0531. The van der Waals surface area contributed by atoms with Gasteiger partial charge in [0, 0.05) is 25.5 Å². The zero-order valence-corrected chi connectivity index (χ0v) is 12.3. The SMILES string of the molecule is CC(Cn1cc(C(=O)O)cn1)NS(=O)(=O)c1cnn(C)c1. The number of nitrogens with one attached hydrogen (secondary N) is 1. The Hall–Kier alpha value is -2.20. The van der Waals surface area contributed by atoms with Crippen molar-refractivity contribution in [2.24, 2.45) is 7.05 Å². The van der Waals surface area contributed by atoms with Crippen LogP contribution in [0.5, 0.6) is 0 Å². The number of sulfonamides is 1. The Morgan fingerprint density at radius 3 is 2.62 bits per heavy atom. The van der Waals surface area contributed by atoms with Crippen molar-refractivity contribution in [3.63, 3.8) is 0 Å². The molecule has 1 unspecified atom stereocenters. The molecule has 0 amide bonds. The largest absolute Gasteiger partial charge is 0.478 e. The lowest BCUT2D eigenvalue weighted by molar-refractivity contribution is 0.0696. The number of carboxylic acids is 1. The van der Waals surface area contributed by atoms with Gasteiger partial charge in [0.2, 0.25) is 10.0 Å². The molecule has 0 aliphatic carbocycles. The van der Waals surface area contributed by atoms with Crippen molar-refractivity contribution in [3.05, 3.63) is 30.4 Å². The van der Waals surface area contributed by atoms with Gasteiger partial charge in [0.1, 0.15) is 4.90 Å². The first kappa shape index (κ1) is 15.2. The Balaban J connectivity index is 2.03. The van der Waals surface area contributed by atoms with Crippen molar-refractivity contribution in [2.75, 3.05) is 0 Å². The van der Waals surface area contributed by atoms with E-state index in [9.17, 15) is 13.2 Å². The van der Waals surface area contributed by atoms with Crippen LogP contribution in [0.3, 0.4) is 0 Å². The quantitative estimate of drug-likeness (QED) is 0.754. The number of carboxylic acid groups (broad SMARTS) is 1. The molecule has 0 saturated heterocycles. The van der Waals surface area contributed by atoms with Gasteiger partial charge < -0.3 is 5.11 Å². The molecule has 114 valence electrons. The third kappa shape index (κ3) is 3.67. The highest BCUT2D eigenvalue weighted by Gasteiger charge is 2.19. The van der Waals surface area contributed by atoms with Gasteiger partial charge in [0.25, 0.3) is 0 Å². The molecule has 0 aliphatic rings. The second-order valence-electron chi connectivity index (χ2n) is 4.63. The van der Waals surface area contributed by atoms with Crippen molar-refractivity contribution >= 4 is 16.0 Å². The highest BCUT2D eigenvalue weighted by Crippen LogP contribution is 2.07. The van der Waals surface area contributed by atoms with E-state index in [0.717, 1.165) is 0 Å². The summed E-state index contributed by atoms with van der Waals surface area (Å²) in [4.78, 5) is 10.8. The van der Waals surface area contributed by atoms with Crippen LogP contribution in [-0.2, 0) is 23.6 Å². The summed E-state index contributed by atoms with van der Waals surface area (Å²) in [6.07, 6.45) is 5.21. The highest BCUT2D eigenvalue weighted by atomic mass is 32.2. The molecule has 0 fully saturated rings. The summed E-state index contributed by atoms with van der Waals surface area (Å²) < 4.78 is 29.4. The third-order valence-electron chi connectivity index (χ3n) is 2.69. The lowest BCUT2D eigenvalue weighted by Crippen LogP contribution is -2.35. The molecule has 21 heavy (non-hydrogen) atoms. The second kappa shape index (κ2) is 5.66. The number of aromatic nitrogens is 4. The van der Waals surface area contributed by atoms with Gasteiger partial charge in [-0.1, -0.05) is 0 Å². The van der Waals surface area contributed by atoms with E-state index in [2.05, 4.69) is 14.9 Å². The molecule has 0 radical (unpaired) electrons. The van der Waals surface area contributed by atoms with Gasteiger partial charge in [-0.25, -0.2) is 17.9 Å². The number of hydrogen-bond acceptors (Lipinski definition) is 5. The number of aromatic carboxylic acids is 1. The summed E-state index contributed by atoms with van der Waals surface area (Å²) in [5, 5.41) is 16.5. The minimum Gasteiger partial charge on any atom is -0.478 e. The summed E-state index contributed by atoms with van der Waals surface area (Å²) >= 11 is 0. The fraction of sp³-hybridized carbons (Fsp3) is 0.364. The van der Waals surface area contributed by atoms with E-state index < -0.39 is 22.0 Å². The van der Waals surface area contributed by atoms with Gasteiger partial charge in [-0.15, -0.1) is 0 Å². The Morgan fingerprint density at radius 2 is 2.10 bits per heavy atom. The summed E-state index contributed by atoms with van der Waals surface area (Å²) in [7, 11) is -2.03. The zero-order chi connectivity index (χ0) is 15.6. The summed E-state index contributed by atoms with van der Waals surface area (Å²) in [6.45, 7) is 1.88. The molecule has 1 atom stereocenters. The monoisotopic (exact) mass is 313 g/mol. The molecule has 2 rings (SSSR count). The molecule has 0 spiro atoms. The predicted octanol–water partition coefficient (Wildman–Crippen LogP) is -0.318. The van der Waals surface area contributed by atoms with Gasteiger partial charge in [-0.2, -0.15) is 10.2 Å². The molecule has 2 heterocycles. The maximum absolute atomic E-state index is 12.1. The predicted molar refractivity (Wildman–Crippen MR) is 72.2 cm³/mol. The van der Waals surface area contributed by atoms with Gasteiger partial charge in [0.15, 0.2) is 0 Å². The first-order valence-corrected chi connectivity index (χ1v) is 7.53. The number of rotatable bonds is 6. The number of hydrogen-bond donors (Lipinski definition) is 2. The van der Waals surface area contributed by atoms with Crippen LogP contribution in [0, 0.1) is 0 Å². The average molecular weight is 313 g/mol. The van der Waals surface area contributed by atoms with Gasteiger partial charge in [0.05, 0.1) is 24.5 Å². The topological polar surface area (TPSA) is 119 Å². The van der Waals surface area contributed by atoms with E-state index in [1.165, 1.54) is 34.2 Å². The molecule has 0 aromatic carbocycles. The number of nitrogens with zero attached hydrogens (tertiary/aromatic N) is 4. The number of aryl methyl sites for hydroxylation is 1. The normalized spacial score (nSPS) is 13.2. The van der Waals surface area contributed by atoms with Crippen molar-refractivity contribution in [1.29, 1.82) is 0 Å². The van der Waals surface area contributed by atoms with Gasteiger partial charge in [-0.3, -0.25) is 9.36 Å². The average Bonchev–Trinajstić information content (AvgIpc) is 2.97. The molecule has 0 bridgehead atoms. The Labute approximate surface area is 121 Å². The summed E-state index contributed by atoms with van der Waals surface area (Å²) in [6, 6.07) is -0.461. The van der Waals surface area contributed by atoms with E-state index >= 15 is 0 Å². The zero-order valence-electron chi connectivity index (χ0n) is 11.5. The standard InChI is InChI=1S/C11H15N5O4S/c1-8(5-16-6-9(3-13-16)11(17)18)14-21(19,20)10-4-12-15(2)7-10/h3-4,6-8,14H,5H2,1-2H3,(H,17,18). The second-order valence-corrected chi connectivity index (χ2v) is 6.34. The molecule has 9 nitrogen and oxygen atoms in total. The fourth-order valence-corrected chi connectivity index (χ4v) is 2.98. The Bertz CT molecular complexity index is 748. The first-order chi connectivity index (χ1) is 9.78. The molecular formula is C11H15N5O4S. The van der Waals surface area contributed by atoms with Crippen molar-refractivity contribution in [2.45, 2.75) is 24.4 Å². The smallest absolute Gasteiger partial charge is 0.338 e. The van der Waals surface area contributed by atoms with Crippen LogP contribution in [0.2, 0.25) is 0 Å². The molecule has 0 aliphatic heterocycles. The molecule has 2 N–H and O–H groups in total. The van der Waals surface area contributed by atoms with Crippen LogP contribution >= 0.6 is 0 Å². The van der Waals surface area contributed by atoms with Crippen molar-refractivity contribution in [1.82, 2.24) is 24.3 Å². The van der Waals surface area contributed by atoms with E-state index in [0.29, 0.717) is 0 Å². The van der Waals surface area contributed by atoms with E-state index in [1.54, 1.807) is 14.0 Å². The molecule has 2 aromatic heterocycles. The van der Waals surface area contributed by atoms with Crippen LogP contribution < -0.4 is 4.72 Å². The van der Waals surface area contributed by atoms with Crippen molar-refractivity contribution < 1.29 is 18.3 Å². The first-order valence-electron chi connectivity index (χ1n) is 6.04. The van der Waals surface area contributed by atoms with E-state index in [-0.39, 0.29) is 17.0 Å². The molecule has 0 saturated carbocycles. The van der Waals surface area contributed by atoms with Gasteiger partial charge in [-0.05, 0) is 6.92 Å². The molecule has 10 heteroatoms. The lowest BCUT2D eigenvalue weighted by Gasteiger charge is -2.13. The van der Waals surface area contributed by atoms with Crippen LogP contribution in [-0.4, -0.2) is 45.1 Å².